The van der Waals surface area contributed by atoms with Gasteiger partial charge in [-0.1, -0.05) is 35.9 Å². The molecule has 1 fully saturated rings. The second-order valence-electron chi connectivity index (χ2n) is 7.11. The van der Waals surface area contributed by atoms with Gasteiger partial charge in [0.15, 0.2) is 0 Å². The molecular formula is C21H25N3O4S. The summed E-state index contributed by atoms with van der Waals surface area (Å²) in [6.45, 7) is 2.48. The van der Waals surface area contributed by atoms with Crippen molar-refractivity contribution in [3.05, 3.63) is 65.7 Å². The fourth-order valence-corrected chi connectivity index (χ4v) is 4.70. The minimum atomic E-state index is -3.52. The Morgan fingerprint density at radius 3 is 2.24 bits per heavy atom. The summed E-state index contributed by atoms with van der Waals surface area (Å²) in [5.41, 5.74) is 1.50. The molecule has 0 atom stereocenters. The minimum absolute atomic E-state index is 0.111. The quantitative estimate of drug-likeness (QED) is 0.751. The van der Waals surface area contributed by atoms with Gasteiger partial charge in [-0.2, -0.15) is 4.31 Å². The summed E-state index contributed by atoms with van der Waals surface area (Å²) < 4.78 is 26.9. The van der Waals surface area contributed by atoms with E-state index < -0.39 is 10.0 Å². The van der Waals surface area contributed by atoms with E-state index >= 15 is 0 Å². The average Bonchev–Trinajstić information content (AvgIpc) is 2.73. The topological polar surface area (TPSA) is 95.6 Å². The SMILES string of the molecule is Cc1ccc(S(=O)(=O)N2CCC(NC(=O)CNC(=O)c3ccccc3)CC2)cc1. The third-order valence-electron chi connectivity index (χ3n) is 4.92. The van der Waals surface area contributed by atoms with Crippen molar-refractivity contribution in [1.82, 2.24) is 14.9 Å². The standard InChI is InChI=1S/C21H25N3O4S/c1-16-7-9-19(10-8-16)29(27,28)24-13-11-18(12-14-24)23-20(25)15-22-21(26)17-5-3-2-4-6-17/h2-10,18H,11-15H2,1H3,(H,22,26)(H,23,25). The van der Waals surface area contributed by atoms with Crippen molar-refractivity contribution in [2.75, 3.05) is 19.6 Å². The Morgan fingerprint density at radius 1 is 1.00 bits per heavy atom. The van der Waals surface area contributed by atoms with Gasteiger partial charge in [-0.05, 0) is 44.0 Å². The van der Waals surface area contributed by atoms with Gasteiger partial charge in [0, 0.05) is 24.7 Å². The van der Waals surface area contributed by atoms with Crippen LogP contribution in [0.4, 0.5) is 0 Å². The fourth-order valence-electron chi connectivity index (χ4n) is 3.23. The molecule has 0 saturated carbocycles. The van der Waals surface area contributed by atoms with Crippen molar-refractivity contribution >= 4 is 21.8 Å². The summed E-state index contributed by atoms with van der Waals surface area (Å²) in [5, 5.41) is 5.46. The lowest BCUT2D eigenvalue weighted by atomic mass is 10.1. The Hall–Kier alpha value is -2.71. The van der Waals surface area contributed by atoms with E-state index in [9.17, 15) is 18.0 Å². The molecule has 0 bridgehead atoms. The zero-order chi connectivity index (χ0) is 20.9. The first-order chi connectivity index (χ1) is 13.9. The van der Waals surface area contributed by atoms with Crippen LogP contribution < -0.4 is 10.6 Å². The van der Waals surface area contributed by atoms with Crippen molar-refractivity contribution in [2.24, 2.45) is 0 Å². The summed E-state index contributed by atoms with van der Waals surface area (Å²) in [5.74, 6) is -0.589. The number of aryl methyl sites for hydroxylation is 1. The molecule has 8 heteroatoms. The third-order valence-corrected chi connectivity index (χ3v) is 6.84. The summed E-state index contributed by atoms with van der Waals surface area (Å²) in [7, 11) is -3.52. The van der Waals surface area contributed by atoms with Crippen LogP contribution in [0.5, 0.6) is 0 Å². The van der Waals surface area contributed by atoms with Crippen LogP contribution in [0.15, 0.2) is 59.5 Å². The van der Waals surface area contributed by atoms with Gasteiger partial charge in [0.2, 0.25) is 15.9 Å². The number of rotatable bonds is 6. The lowest BCUT2D eigenvalue weighted by Crippen LogP contribution is -2.48. The number of amides is 2. The number of sulfonamides is 1. The first kappa shape index (κ1) is 21.0. The Balaban J connectivity index is 1.46. The van der Waals surface area contributed by atoms with E-state index in [1.165, 1.54) is 4.31 Å². The normalized spacial score (nSPS) is 15.6. The highest BCUT2D eigenvalue weighted by Gasteiger charge is 2.29. The van der Waals surface area contributed by atoms with E-state index in [1.807, 2.05) is 13.0 Å². The summed E-state index contributed by atoms with van der Waals surface area (Å²) >= 11 is 0. The smallest absolute Gasteiger partial charge is 0.251 e. The number of benzene rings is 2. The molecule has 2 aromatic rings. The van der Waals surface area contributed by atoms with Crippen LogP contribution in [0.2, 0.25) is 0 Å². The Kier molecular flexibility index (Phi) is 6.66. The first-order valence-electron chi connectivity index (χ1n) is 9.56. The first-order valence-corrected chi connectivity index (χ1v) is 11.0. The molecule has 1 aliphatic rings. The lowest BCUT2D eigenvalue weighted by Gasteiger charge is -2.31. The van der Waals surface area contributed by atoms with Crippen molar-refractivity contribution in [2.45, 2.75) is 30.7 Å². The molecule has 1 heterocycles. The third kappa shape index (κ3) is 5.42. The summed E-state index contributed by atoms with van der Waals surface area (Å²) in [6, 6.07) is 15.4. The monoisotopic (exact) mass is 415 g/mol. The zero-order valence-electron chi connectivity index (χ0n) is 16.3. The van der Waals surface area contributed by atoms with Crippen LogP contribution in [0.1, 0.15) is 28.8 Å². The van der Waals surface area contributed by atoms with Crippen LogP contribution in [0.3, 0.4) is 0 Å². The van der Waals surface area contributed by atoms with E-state index in [0.29, 0.717) is 31.5 Å². The Bertz CT molecular complexity index is 951. The van der Waals surface area contributed by atoms with Gasteiger partial charge >= 0.3 is 0 Å². The molecule has 2 aromatic carbocycles. The molecule has 2 amide bonds. The number of nitrogens with one attached hydrogen (secondary N) is 2. The molecule has 3 rings (SSSR count). The maximum atomic E-state index is 12.7. The minimum Gasteiger partial charge on any atom is -0.352 e. The zero-order valence-corrected chi connectivity index (χ0v) is 17.1. The summed E-state index contributed by atoms with van der Waals surface area (Å²) in [4.78, 5) is 24.4. The molecule has 1 aliphatic heterocycles. The molecule has 1 saturated heterocycles. The number of hydrogen-bond donors (Lipinski definition) is 2. The van der Waals surface area contributed by atoms with Gasteiger partial charge in [0.05, 0.1) is 11.4 Å². The maximum Gasteiger partial charge on any atom is 0.251 e. The van der Waals surface area contributed by atoms with Crippen molar-refractivity contribution in [3.8, 4) is 0 Å². The molecule has 0 spiro atoms. The van der Waals surface area contributed by atoms with E-state index in [-0.39, 0.29) is 29.3 Å². The molecule has 29 heavy (non-hydrogen) atoms. The number of carbonyl (C=O) groups is 2. The predicted molar refractivity (Wildman–Crippen MR) is 110 cm³/mol. The van der Waals surface area contributed by atoms with Gasteiger partial charge in [-0.15, -0.1) is 0 Å². The van der Waals surface area contributed by atoms with Gasteiger partial charge in [0.25, 0.3) is 5.91 Å². The van der Waals surface area contributed by atoms with Gasteiger partial charge in [-0.3, -0.25) is 9.59 Å². The molecule has 7 nitrogen and oxygen atoms in total. The summed E-state index contributed by atoms with van der Waals surface area (Å²) in [6.07, 6.45) is 1.06. The van der Waals surface area contributed by atoms with E-state index in [2.05, 4.69) is 10.6 Å². The van der Waals surface area contributed by atoms with Crippen molar-refractivity contribution in [3.63, 3.8) is 0 Å². The highest BCUT2D eigenvalue weighted by molar-refractivity contribution is 7.89. The van der Waals surface area contributed by atoms with E-state index in [4.69, 9.17) is 0 Å². The van der Waals surface area contributed by atoms with E-state index in [1.54, 1.807) is 48.5 Å². The second kappa shape index (κ2) is 9.19. The fraction of sp³-hybridized carbons (Fsp3) is 0.333. The average molecular weight is 416 g/mol. The van der Waals surface area contributed by atoms with Gasteiger partial charge in [-0.25, -0.2) is 8.42 Å². The highest BCUT2D eigenvalue weighted by atomic mass is 32.2. The number of hydrogen-bond acceptors (Lipinski definition) is 4. The Morgan fingerprint density at radius 2 is 1.62 bits per heavy atom. The molecule has 2 N–H and O–H groups in total. The number of carbonyl (C=O) groups excluding carboxylic acids is 2. The van der Waals surface area contributed by atoms with Crippen LogP contribution in [0.25, 0.3) is 0 Å². The molecule has 0 unspecified atom stereocenters. The lowest BCUT2D eigenvalue weighted by molar-refractivity contribution is -0.121. The predicted octanol–water partition coefficient (Wildman–Crippen LogP) is 1.69. The number of nitrogens with zero attached hydrogens (tertiary/aromatic N) is 1. The Labute approximate surface area is 171 Å². The van der Waals surface area contributed by atoms with Crippen molar-refractivity contribution < 1.29 is 18.0 Å². The van der Waals surface area contributed by atoms with Crippen LogP contribution in [-0.2, 0) is 14.8 Å². The van der Waals surface area contributed by atoms with E-state index in [0.717, 1.165) is 5.56 Å². The molecule has 154 valence electrons. The maximum absolute atomic E-state index is 12.7. The molecular weight excluding hydrogens is 390 g/mol. The molecule has 0 aromatic heterocycles. The number of piperidine rings is 1. The van der Waals surface area contributed by atoms with Crippen LogP contribution in [0, 0.1) is 6.92 Å². The largest absolute Gasteiger partial charge is 0.352 e. The van der Waals surface area contributed by atoms with Gasteiger partial charge in [0.1, 0.15) is 0 Å². The molecule has 0 aliphatic carbocycles. The van der Waals surface area contributed by atoms with Gasteiger partial charge < -0.3 is 10.6 Å². The van der Waals surface area contributed by atoms with Crippen LogP contribution in [-0.4, -0.2) is 50.2 Å². The second-order valence-corrected chi connectivity index (χ2v) is 9.05. The highest BCUT2D eigenvalue weighted by Crippen LogP contribution is 2.21. The van der Waals surface area contributed by atoms with Crippen molar-refractivity contribution in [1.29, 1.82) is 0 Å². The molecule has 0 radical (unpaired) electrons. The van der Waals surface area contributed by atoms with Crippen LogP contribution >= 0.6 is 0 Å².